The fourth-order valence-corrected chi connectivity index (χ4v) is 3.94. The summed E-state index contributed by atoms with van der Waals surface area (Å²) in [5.74, 6) is 0.452. The van der Waals surface area contributed by atoms with Crippen molar-refractivity contribution in [3.05, 3.63) is 51.2 Å². The normalized spacial score (nSPS) is 14.4. The van der Waals surface area contributed by atoms with E-state index in [9.17, 15) is 14.4 Å². The van der Waals surface area contributed by atoms with E-state index in [1.54, 1.807) is 43.5 Å². The standard InChI is InChI=1S/C22H22IN3O6/c1-4-32-18-11-13(9-14(23)20(18)31-3)10-16-21(28)26(22(29)25-16)12-19(27)24-15-7-5-6-8-17(15)30-2/h5-11H,4,12H2,1-3H3,(H,24,27)(H,25,29)/b16-10+. The number of anilines is 1. The molecule has 4 amide bonds. The fraction of sp³-hybridized carbons (Fsp3) is 0.227. The number of ether oxygens (including phenoxy) is 3. The molecule has 168 valence electrons. The van der Waals surface area contributed by atoms with Gasteiger partial charge < -0.3 is 24.8 Å². The molecule has 3 rings (SSSR count). The van der Waals surface area contributed by atoms with E-state index < -0.39 is 24.4 Å². The number of para-hydroxylation sites is 2. The molecule has 0 aliphatic carbocycles. The summed E-state index contributed by atoms with van der Waals surface area (Å²) in [6.45, 7) is 1.85. The van der Waals surface area contributed by atoms with Crippen LogP contribution in [-0.4, -0.2) is 50.1 Å². The van der Waals surface area contributed by atoms with Crippen LogP contribution in [0, 0.1) is 3.57 Å². The molecule has 1 heterocycles. The van der Waals surface area contributed by atoms with Crippen LogP contribution < -0.4 is 24.8 Å². The molecule has 0 atom stereocenters. The van der Waals surface area contributed by atoms with Crippen LogP contribution in [0.25, 0.3) is 6.08 Å². The summed E-state index contributed by atoms with van der Waals surface area (Å²) in [5.41, 5.74) is 1.14. The van der Waals surface area contributed by atoms with E-state index in [1.807, 2.05) is 6.92 Å². The lowest BCUT2D eigenvalue weighted by atomic mass is 10.1. The third-order valence-corrected chi connectivity index (χ3v) is 5.29. The predicted octanol–water partition coefficient (Wildman–Crippen LogP) is 3.24. The van der Waals surface area contributed by atoms with E-state index in [1.165, 1.54) is 13.2 Å². The fourth-order valence-electron chi connectivity index (χ4n) is 3.10. The first-order chi connectivity index (χ1) is 15.4. The lowest BCUT2D eigenvalue weighted by Crippen LogP contribution is -2.38. The van der Waals surface area contributed by atoms with Crippen molar-refractivity contribution < 1.29 is 28.6 Å². The summed E-state index contributed by atoms with van der Waals surface area (Å²) in [4.78, 5) is 38.4. The molecule has 32 heavy (non-hydrogen) atoms. The maximum atomic E-state index is 12.8. The molecular weight excluding hydrogens is 529 g/mol. The van der Waals surface area contributed by atoms with Gasteiger partial charge in [-0.1, -0.05) is 12.1 Å². The largest absolute Gasteiger partial charge is 0.495 e. The average molecular weight is 551 g/mol. The molecule has 0 unspecified atom stereocenters. The number of rotatable bonds is 8. The minimum atomic E-state index is -0.676. The molecule has 0 spiro atoms. The molecule has 0 bridgehead atoms. The van der Waals surface area contributed by atoms with E-state index in [4.69, 9.17) is 14.2 Å². The molecule has 0 aromatic heterocycles. The summed E-state index contributed by atoms with van der Waals surface area (Å²) in [6, 6.07) is 9.69. The number of carbonyl (C=O) groups is 3. The summed E-state index contributed by atoms with van der Waals surface area (Å²) in [6.07, 6.45) is 1.53. The van der Waals surface area contributed by atoms with Crippen LogP contribution in [-0.2, 0) is 9.59 Å². The van der Waals surface area contributed by atoms with Crippen LogP contribution in [0.3, 0.4) is 0 Å². The second kappa shape index (κ2) is 10.4. The van der Waals surface area contributed by atoms with Gasteiger partial charge in [-0.05, 0) is 65.4 Å². The molecule has 1 saturated heterocycles. The number of methoxy groups -OCH3 is 2. The van der Waals surface area contributed by atoms with Gasteiger partial charge in [0, 0.05) is 0 Å². The van der Waals surface area contributed by atoms with Crippen molar-refractivity contribution in [2.24, 2.45) is 0 Å². The Morgan fingerprint density at radius 1 is 1.16 bits per heavy atom. The van der Waals surface area contributed by atoms with Gasteiger partial charge in [-0.25, -0.2) is 9.69 Å². The maximum Gasteiger partial charge on any atom is 0.329 e. The molecule has 1 aliphatic heterocycles. The lowest BCUT2D eigenvalue weighted by molar-refractivity contribution is -0.127. The lowest BCUT2D eigenvalue weighted by Gasteiger charge is -2.13. The highest BCUT2D eigenvalue weighted by Crippen LogP contribution is 2.34. The van der Waals surface area contributed by atoms with E-state index in [0.29, 0.717) is 35.1 Å². The topological polar surface area (TPSA) is 106 Å². The van der Waals surface area contributed by atoms with E-state index in [-0.39, 0.29) is 5.70 Å². The number of hydrogen-bond donors (Lipinski definition) is 2. The first-order valence-electron chi connectivity index (χ1n) is 9.65. The van der Waals surface area contributed by atoms with Crippen molar-refractivity contribution in [2.45, 2.75) is 6.92 Å². The van der Waals surface area contributed by atoms with Crippen LogP contribution in [0.15, 0.2) is 42.1 Å². The van der Waals surface area contributed by atoms with Gasteiger partial charge in [0.25, 0.3) is 5.91 Å². The van der Waals surface area contributed by atoms with Gasteiger partial charge in [0.2, 0.25) is 5.91 Å². The van der Waals surface area contributed by atoms with Crippen LogP contribution >= 0.6 is 22.6 Å². The smallest absolute Gasteiger partial charge is 0.329 e. The SMILES string of the molecule is CCOc1cc(/C=C2/NC(=O)N(CC(=O)Nc3ccccc3OC)C2=O)cc(I)c1OC. The Hall–Kier alpha value is -3.28. The minimum Gasteiger partial charge on any atom is -0.495 e. The average Bonchev–Trinajstić information content (AvgIpc) is 3.01. The zero-order valence-corrected chi connectivity index (χ0v) is 19.9. The summed E-state index contributed by atoms with van der Waals surface area (Å²) in [5, 5.41) is 5.16. The zero-order chi connectivity index (χ0) is 23.3. The Bertz CT molecular complexity index is 1090. The van der Waals surface area contributed by atoms with Crippen LogP contribution in [0.1, 0.15) is 12.5 Å². The molecular formula is C22H22IN3O6. The molecule has 10 heteroatoms. The van der Waals surface area contributed by atoms with Crippen molar-refractivity contribution in [3.8, 4) is 17.2 Å². The molecule has 2 N–H and O–H groups in total. The molecule has 1 aliphatic rings. The number of urea groups is 1. The number of carbonyl (C=O) groups excluding carboxylic acids is 3. The van der Waals surface area contributed by atoms with Crippen LogP contribution in [0.2, 0.25) is 0 Å². The quantitative estimate of drug-likeness (QED) is 0.297. The monoisotopic (exact) mass is 551 g/mol. The molecule has 1 fully saturated rings. The number of hydrogen-bond acceptors (Lipinski definition) is 6. The summed E-state index contributed by atoms with van der Waals surface area (Å²) in [7, 11) is 3.03. The number of imide groups is 1. The van der Waals surface area contributed by atoms with Crippen molar-refractivity contribution in [3.63, 3.8) is 0 Å². The highest BCUT2D eigenvalue weighted by Gasteiger charge is 2.35. The highest BCUT2D eigenvalue weighted by atomic mass is 127. The number of nitrogens with zero attached hydrogens (tertiary/aromatic N) is 1. The summed E-state index contributed by atoms with van der Waals surface area (Å²) < 4.78 is 16.9. The van der Waals surface area contributed by atoms with E-state index >= 15 is 0 Å². The molecule has 0 radical (unpaired) electrons. The predicted molar refractivity (Wildman–Crippen MR) is 127 cm³/mol. The van der Waals surface area contributed by atoms with Crippen molar-refractivity contribution in [2.75, 3.05) is 32.7 Å². The molecule has 2 aromatic rings. The van der Waals surface area contributed by atoms with Gasteiger partial charge in [0.1, 0.15) is 18.0 Å². The second-order valence-electron chi connectivity index (χ2n) is 6.60. The van der Waals surface area contributed by atoms with Crippen molar-refractivity contribution >= 4 is 52.2 Å². The van der Waals surface area contributed by atoms with Gasteiger partial charge >= 0.3 is 6.03 Å². The van der Waals surface area contributed by atoms with Crippen molar-refractivity contribution in [1.82, 2.24) is 10.2 Å². The van der Waals surface area contributed by atoms with Crippen LogP contribution in [0.4, 0.5) is 10.5 Å². The minimum absolute atomic E-state index is 0.0588. The van der Waals surface area contributed by atoms with Crippen LogP contribution in [0.5, 0.6) is 17.2 Å². The van der Waals surface area contributed by atoms with E-state index in [2.05, 4.69) is 33.2 Å². The number of benzene rings is 2. The van der Waals surface area contributed by atoms with Gasteiger partial charge in [-0.3, -0.25) is 9.59 Å². The number of halogens is 1. The number of nitrogens with one attached hydrogen (secondary N) is 2. The third kappa shape index (κ3) is 5.13. The Morgan fingerprint density at radius 3 is 2.59 bits per heavy atom. The maximum absolute atomic E-state index is 12.8. The summed E-state index contributed by atoms with van der Waals surface area (Å²) >= 11 is 2.10. The number of amides is 4. The van der Waals surface area contributed by atoms with E-state index in [0.717, 1.165) is 8.47 Å². The second-order valence-corrected chi connectivity index (χ2v) is 7.76. The molecule has 0 saturated carbocycles. The Morgan fingerprint density at radius 2 is 1.91 bits per heavy atom. The van der Waals surface area contributed by atoms with Crippen molar-refractivity contribution in [1.29, 1.82) is 0 Å². The van der Waals surface area contributed by atoms with Gasteiger partial charge in [-0.2, -0.15) is 0 Å². The third-order valence-electron chi connectivity index (χ3n) is 4.49. The van der Waals surface area contributed by atoms with Gasteiger partial charge in [-0.15, -0.1) is 0 Å². The molecule has 2 aromatic carbocycles. The first-order valence-corrected chi connectivity index (χ1v) is 10.7. The molecule has 9 nitrogen and oxygen atoms in total. The Labute approximate surface area is 198 Å². The zero-order valence-electron chi connectivity index (χ0n) is 17.7. The van der Waals surface area contributed by atoms with Gasteiger partial charge in [0.05, 0.1) is 30.1 Å². The van der Waals surface area contributed by atoms with Gasteiger partial charge in [0.15, 0.2) is 11.5 Å². The Kier molecular flexibility index (Phi) is 7.57. The Balaban J connectivity index is 1.77. The first kappa shape index (κ1) is 23.4. The highest BCUT2D eigenvalue weighted by molar-refractivity contribution is 14.1.